The lowest BCUT2D eigenvalue weighted by Gasteiger charge is -2.01. The van der Waals surface area contributed by atoms with Gasteiger partial charge < -0.3 is 4.98 Å². The predicted molar refractivity (Wildman–Crippen MR) is 87.9 cm³/mol. The summed E-state index contributed by atoms with van der Waals surface area (Å²) in [5, 5.41) is 15.5. The SMILES string of the molecule is N#Cc1ccc2[nH]c(-c3cc(-c4ccncc4)n[nH]c3=O)nc2c1. The molecular weight excluding hydrogens is 304 g/mol. The fraction of sp³-hybridized carbons (Fsp3) is 0. The average molecular weight is 314 g/mol. The van der Waals surface area contributed by atoms with Crippen LogP contribution in [0.1, 0.15) is 5.56 Å². The van der Waals surface area contributed by atoms with Crippen LogP contribution in [-0.4, -0.2) is 25.1 Å². The number of nitrogens with one attached hydrogen (secondary N) is 2. The average Bonchev–Trinajstić information content (AvgIpc) is 3.05. The van der Waals surface area contributed by atoms with Gasteiger partial charge in [0.1, 0.15) is 5.82 Å². The molecule has 0 bridgehead atoms. The van der Waals surface area contributed by atoms with Crippen molar-refractivity contribution in [3.63, 3.8) is 0 Å². The van der Waals surface area contributed by atoms with Gasteiger partial charge in [0.25, 0.3) is 5.56 Å². The van der Waals surface area contributed by atoms with Gasteiger partial charge in [-0.3, -0.25) is 9.78 Å². The summed E-state index contributed by atoms with van der Waals surface area (Å²) in [4.78, 5) is 23.7. The van der Waals surface area contributed by atoms with Gasteiger partial charge in [0.05, 0.1) is 33.9 Å². The van der Waals surface area contributed by atoms with Crippen LogP contribution in [0.5, 0.6) is 0 Å². The zero-order valence-electron chi connectivity index (χ0n) is 12.3. The van der Waals surface area contributed by atoms with Crippen LogP contribution in [-0.2, 0) is 0 Å². The number of H-pyrrole nitrogens is 2. The highest BCUT2D eigenvalue weighted by atomic mass is 16.1. The Morgan fingerprint density at radius 2 is 1.92 bits per heavy atom. The molecule has 2 N–H and O–H groups in total. The van der Waals surface area contributed by atoms with Gasteiger partial charge in [0.2, 0.25) is 0 Å². The minimum absolute atomic E-state index is 0.340. The van der Waals surface area contributed by atoms with Gasteiger partial charge in [-0.1, -0.05) is 0 Å². The first-order chi connectivity index (χ1) is 11.7. The van der Waals surface area contributed by atoms with Crippen molar-refractivity contribution in [1.29, 1.82) is 5.26 Å². The molecule has 0 radical (unpaired) electrons. The highest BCUT2D eigenvalue weighted by molar-refractivity contribution is 5.81. The first-order valence-electron chi connectivity index (χ1n) is 7.15. The first kappa shape index (κ1) is 13.8. The molecule has 114 valence electrons. The summed E-state index contributed by atoms with van der Waals surface area (Å²) in [6.45, 7) is 0. The molecule has 7 heteroatoms. The normalized spacial score (nSPS) is 10.6. The van der Waals surface area contributed by atoms with Crippen molar-refractivity contribution in [3.05, 3.63) is 64.7 Å². The van der Waals surface area contributed by atoms with E-state index in [4.69, 9.17) is 5.26 Å². The lowest BCUT2D eigenvalue weighted by molar-refractivity contribution is 0.993. The van der Waals surface area contributed by atoms with E-state index in [9.17, 15) is 4.79 Å². The number of nitrogens with zero attached hydrogens (tertiary/aromatic N) is 4. The lowest BCUT2D eigenvalue weighted by atomic mass is 10.1. The van der Waals surface area contributed by atoms with Crippen LogP contribution in [0.2, 0.25) is 0 Å². The van der Waals surface area contributed by atoms with Crippen molar-refractivity contribution in [2.45, 2.75) is 0 Å². The van der Waals surface area contributed by atoms with Crippen LogP contribution < -0.4 is 5.56 Å². The quantitative estimate of drug-likeness (QED) is 0.589. The molecule has 3 heterocycles. The molecule has 0 aliphatic heterocycles. The molecule has 0 spiro atoms. The van der Waals surface area contributed by atoms with E-state index in [0.29, 0.717) is 28.2 Å². The van der Waals surface area contributed by atoms with E-state index in [2.05, 4.69) is 31.2 Å². The van der Waals surface area contributed by atoms with Crippen molar-refractivity contribution in [1.82, 2.24) is 25.1 Å². The summed E-state index contributed by atoms with van der Waals surface area (Å²) >= 11 is 0. The van der Waals surface area contributed by atoms with Gasteiger partial charge in [-0.15, -0.1) is 0 Å². The molecule has 3 aromatic heterocycles. The monoisotopic (exact) mass is 314 g/mol. The Balaban J connectivity index is 1.87. The summed E-state index contributed by atoms with van der Waals surface area (Å²) in [6, 6.07) is 12.5. The molecule has 4 rings (SSSR count). The largest absolute Gasteiger partial charge is 0.338 e. The van der Waals surface area contributed by atoms with Gasteiger partial charge in [-0.25, -0.2) is 10.1 Å². The van der Waals surface area contributed by atoms with Crippen LogP contribution in [0, 0.1) is 11.3 Å². The third-order valence-corrected chi connectivity index (χ3v) is 3.65. The maximum Gasteiger partial charge on any atom is 0.275 e. The molecule has 24 heavy (non-hydrogen) atoms. The summed E-state index contributed by atoms with van der Waals surface area (Å²) in [5.41, 5.74) is 3.40. The summed E-state index contributed by atoms with van der Waals surface area (Å²) in [7, 11) is 0. The fourth-order valence-corrected chi connectivity index (χ4v) is 2.46. The maximum atomic E-state index is 12.2. The van der Waals surface area contributed by atoms with E-state index in [1.165, 1.54) is 0 Å². The Hall–Kier alpha value is -3.79. The molecule has 0 unspecified atom stereocenters. The van der Waals surface area contributed by atoms with E-state index in [1.54, 1.807) is 36.7 Å². The second-order valence-electron chi connectivity index (χ2n) is 5.16. The second-order valence-corrected chi connectivity index (χ2v) is 5.16. The first-order valence-corrected chi connectivity index (χ1v) is 7.15. The Morgan fingerprint density at radius 3 is 2.71 bits per heavy atom. The Bertz CT molecular complexity index is 1140. The minimum Gasteiger partial charge on any atom is -0.338 e. The topological polar surface area (TPSA) is 111 Å². The summed E-state index contributed by atoms with van der Waals surface area (Å²) < 4.78 is 0. The van der Waals surface area contributed by atoms with Gasteiger partial charge >= 0.3 is 0 Å². The maximum absolute atomic E-state index is 12.2. The van der Waals surface area contributed by atoms with Crippen molar-refractivity contribution in [2.75, 3.05) is 0 Å². The summed E-state index contributed by atoms with van der Waals surface area (Å²) in [5.74, 6) is 0.430. The number of pyridine rings is 1. The number of hydrogen-bond acceptors (Lipinski definition) is 5. The van der Waals surface area contributed by atoms with Crippen molar-refractivity contribution in [2.24, 2.45) is 0 Å². The number of aromatic nitrogens is 5. The van der Waals surface area contributed by atoms with Crippen LogP contribution in [0.25, 0.3) is 33.7 Å². The standard InChI is InChI=1S/C17H10N6O/c18-9-10-1-2-13-15(7-10)21-16(20-13)12-8-14(22-23-17(12)24)11-3-5-19-6-4-11/h1-8H,(H,20,21)(H,23,24). The van der Waals surface area contributed by atoms with E-state index in [1.807, 2.05) is 12.1 Å². The Morgan fingerprint density at radius 1 is 1.08 bits per heavy atom. The number of imidazole rings is 1. The minimum atomic E-state index is -0.340. The third-order valence-electron chi connectivity index (χ3n) is 3.65. The fourth-order valence-electron chi connectivity index (χ4n) is 2.46. The number of nitriles is 1. The Kier molecular flexibility index (Phi) is 3.14. The molecule has 0 amide bonds. The van der Waals surface area contributed by atoms with Crippen molar-refractivity contribution < 1.29 is 0 Å². The molecule has 0 saturated carbocycles. The number of fused-ring (bicyclic) bond motifs is 1. The number of aromatic amines is 2. The number of benzene rings is 1. The number of hydrogen-bond donors (Lipinski definition) is 2. The van der Waals surface area contributed by atoms with Gasteiger partial charge in [0, 0.05) is 18.0 Å². The molecule has 0 saturated heterocycles. The predicted octanol–water partition coefficient (Wildman–Crippen LogP) is 2.25. The van der Waals surface area contributed by atoms with E-state index in [0.717, 1.165) is 11.1 Å². The van der Waals surface area contributed by atoms with Gasteiger partial charge in [-0.05, 0) is 36.4 Å². The second kappa shape index (κ2) is 5.44. The molecule has 0 aliphatic carbocycles. The van der Waals surface area contributed by atoms with Gasteiger partial charge in [-0.2, -0.15) is 10.4 Å². The highest BCUT2D eigenvalue weighted by Gasteiger charge is 2.12. The molecule has 4 aromatic rings. The summed E-state index contributed by atoms with van der Waals surface area (Å²) in [6.07, 6.45) is 3.32. The van der Waals surface area contributed by atoms with Crippen LogP contribution in [0.15, 0.2) is 53.6 Å². The van der Waals surface area contributed by atoms with Crippen LogP contribution in [0.4, 0.5) is 0 Å². The van der Waals surface area contributed by atoms with Crippen molar-refractivity contribution >= 4 is 11.0 Å². The zero-order valence-corrected chi connectivity index (χ0v) is 12.3. The number of rotatable bonds is 2. The Labute approximate surface area is 135 Å². The van der Waals surface area contributed by atoms with Gasteiger partial charge in [0.15, 0.2) is 0 Å². The van der Waals surface area contributed by atoms with Crippen LogP contribution >= 0.6 is 0 Å². The molecule has 0 aliphatic rings. The van der Waals surface area contributed by atoms with E-state index >= 15 is 0 Å². The van der Waals surface area contributed by atoms with Crippen molar-refractivity contribution in [3.8, 4) is 28.7 Å². The van der Waals surface area contributed by atoms with E-state index < -0.39 is 0 Å². The van der Waals surface area contributed by atoms with E-state index in [-0.39, 0.29) is 5.56 Å². The molecule has 7 nitrogen and oxygen atoms in total. The van der Waals surface area contributed by atoms with Crippen LogP contribution in [0.3, 0.4) is 0 Å². The highest BCUT2D eigenvalue weighted by Crippen LogP contribution is 2.22. The molecule has 0 fully saturated rings. The molecular formula is C17H10N6O. The smallest absolute Gasteiger partial charge is 0.275 e. The molecule has 0 atom stereocenters. The molecule has 1 aromatic carbocycles. The zero-order chi connectivity index (χ0) is 16.5. The third kappa shape index (κ3) is 2.32. The lowest BCUT2D eigenvalue weighted by Crippen LogP contribution is -2.12.